The van der Waals surface area contributed by atoms with E-state index in [9.17, 15) is 14.4 Å². The third-order valence-electron chi connectivity index (χ3n) is 6.72. The molecule has 0 aromatic heterocycles. The molecule has 0 saturated carbocycles. The second kappa shape index (κ2) is 10.3. The third-order valence-corrected chi connectivity index (χ3v) is 6.72. The van der Waals surface area contributed by atoms with E-state index in [1.165, 1.54) is 0 Å². The Morgan fingerprint density at radius 2 is 1.59 bits per heavy atom. The van der Waals surface area contributed by atoms with Crippen LogP contribution in [-0.2, 0) is 29.0 Å². The molecule has 3 aromatic carbocycles. The van der Waals surface area contributed by atoms with Crippen LogP contribution in [0, 0.1) is 0 Å². The van der Waals surface area contributed by atoms with Gasteiger partial charge in [-0.1, -0.05) is 66.7 Å². The van der Waals surface area contributed by atoms with Gasteiger partial charge in [-0.2, -0.15) is 0 Å². The van der Waals surface area contributed by atoms with E-state index in [-0.39, 0.29) is 25.7 Å². The molecule has 0 spiro atoms. The third kappa shape index (κ3) is 5.43. The molecule has 1 saturated heterocycles. The van der Waals surface area contributed by atoms with E-state index in [1.807, 2.05) is 72.8 Å². The van der Waals surface area contributed by atoms with Crippen LogP contribution in [0.3, 0.4) is 0 Å². The number of ether oxygens (including phenoxy) is 2. The van der Waals surface area contributed by atoms with Crippen molar-refractivity contribution in [3.05, 3.63) is 95.6 Å². The molecule has 3 aromatic rings. The van der Waals surface area contributed by atoms with Gasteiger partial charge in [0, 0.05) is 19.5 Å². The zero-order valence-electron chi connectivity index (χ0n) is 20.7. The van der Waals surface area contributed by atoms with Crippen LogP contribution in [0.25, 0.3) is 0 Å². The lowest BCUT2D eigenvalue weighted by Crippen LogP contribution is -2.47. The predicted molar refractivity (Wildman–Crippen MR) is 137 cm³/mol. The molecule has 2 aliphatic rings. The van der Waals surface area contributed by atoms with Crippen LogP contribution < -0.4 is 14.8 Å². The smallest absolute Gasteiger partial charge is 0.325 e. The quantitative estimate of drug-likeness (QED) is 0.455. The van der Waals surface area contributed by atoms with Crippen molar-refractivity contribution in [2.75, 3.05) is 19.9 Å². The lowest BCUT2D eigenvalue weighted by Gasteiger charge is -2.26. The average Bonchev–Trinajstić information content (AvgIpc) is 3.45. The Labute approximate surface area is 215 Å². The van der Waals surface area contributed by atoms with E-state index in [1.54, 1.807) is 17.9 Å². The van der Waals surface area contributed by atoms with Gasteiger partial charge in [0.05, 0.1) is 0 Å². The molecule has 0 aliphatic carbocycles. The fourth-order valence-electron chi connectivity index (χ4n) is 4.71. The fraction of sp³-hybridized carbons (Fsp3) is 0.276. The standard InChI is InChI=1S/C29H29N3O5/c1-29(17-23-12-13-24-25(16-23)37-20-36-24)27(34)32(28(35)30-29)19-26(33)31(18-22-10-6-3-7-11-22)15-14-21-8-4-2-5-9-21/h2-13,16H,14-15,17-20H2,1H3,(H,30,35). The summed E-state index contributed by atoms with van der Waals surface area (Å²) in [6, 6.07) is 24.5. The highest BCUT2D eigenvalue weighted by Crippen LogP contribution is 2.34. The Hall–Kier alpha value is -4.33. The Balaban J connectivity index is 1.28. The molecule has 4 amide bonds. The number of carbonyl (C=O) groups is 3. The molecular weight excluding hydrogens is 470 g/mol. The Kier molecular flexibility index (Phi) is 6.81. The Bertz CT molecular complexity index is 1300. The van der Waals surface area contributed by atoms with Crippen molar-refractivity contribution in [1.29, 1.82) is 0 Å². The molecule has 2 heterocycles. The van der Waals surface area contributed by atoms with Gasteiger partial charge in [-0.3, -0.25) is 14.5 Å². The van der Waals surface area contributed by atoms with Gasteiger partial charge in [-0.05, 0) is 42.2 Å². The van der Waals surface area contributed by atoms with E-state index in [4.69, 9.17) is 9.47 Å². The van der Waals surface area contributed by atoms with Crippen LogP contribution in [0.4, 0.5) is 4.79 Å². The molecule has 8 nitrogen and oxygen atoms in total. The van der Waals surface area contributed by atoms with Crippen LogP contribution in [-0.4, -0.2) is 53.1 Å². The van der Waals surface area contributed by atoms with Crippen LogP contribution >= 0.6 is 0 Å². The number of imide groups is 1. The van der Waals surface area contributed by atoms with Gasteiger partial charge in [-0.25, -0.2) is 4.79 Å². The van der Waals surface area contributed by atoms with E-state index in [2.05, 4.69) is 5.32 Å². The van der Waals surface area contributed by atoms with Crippen molar-refractivity contribution >= 4 is 17.8 Å². The number of nitrogens with one attached hydrogen (secondary N) is 1. The van der Waals surface area contributed by atoms with Gasteiger partial charge < -0.3 is 19.7 Å². The normalized spacial score (nSPS) is 18.1. The van der Waals surface area contributed by atoms with Gasteiger partial charge in [0.15, 0.2) is 11.5 Å². The maximum Gasteiger partial charge on any atom is 0.325 e. The first-order chi connectivity index (χ1) is 17.9. The van der Waals surface area contributed by atoms with E-state index >= 15 is 0 Å². The minimum absolute atomic E-state index is 0.158. The molecular formula is C29H29N3O5. The number of fused-ring (bicyclic) bond motifs is 1. The summed E-state index contributed by atoms with van der Waals surface area (Å²) < 4.78 is 10.8. The second-order valence-corrected chi connectivity index (χ2v) is 9.55. The van der Waals surface area contributed by atoms with Crippen LogP contribution in [0.2, 0.25) is 0 Å². The SMILES string of the molecule is CC1(Cc2ccc3c(c2)OCO3)NC(=O)N(CC(=O)N(CCc2ccccc2)Cc2ccccc2)C1=O. The molecule has 2 aliphatic heterocycles. The monoisotopic (exact) mass is 499 g/mol. The number of rotatable bonds is 9. The largest absolute Gasteiger partial charge is 0.454 e. The lowest BCUT2D eigenvalue weighted by atomic mass is 9.92. The molecule has 1 N–H and O–H groups in total. The van der Waals surface area contributed by atoms with Gasteiger partial charge in [0.1, 0.15) is 12.1 Å². The summed E-state index contributed by atoms with van der Waals surface area (Å²) in [6.07, 6.45) is 0.933. The van der Waals surface area contributed by atoms with Crippen molar-refractivity contribution in [3.8, 4) is 11.5 Å². The number of nitrogens with zero attached hydrogens (tertiary/aromatic N) is 2. The Morgan fingerprint density at radius 3 is 2.32 bits per heavy atom. The van der Waals surface area contributed by atoms with Gasteiger partial charge in [0.25, 0.3) is 5.91 Å². The number of benzene rings is 3. The first-order valence-electron chi connectivity index (χ1n) is 12.3. The highest BCUT2D eigenvalue weighted by atomic mass is 16.7. The molecule has 8 heteroatoms. The first-order valence-corrected chi connectivity index (χ1v) is 12.3. The fourth-order valence-corrected chi connectivity index (χ4v) is 4.71. The van der Waals surface area contributed by atoms with Crippen LogP contribution in [0.5, 0.6) is 11.5 Å². The maximum atomic E-state index is 13.4. The van der Waals surface area contributed by atoms with E-state index < -0.39 is 17.5 Å². The average molecular weight is 500 g/mol. The van der Waals surface area contributed by atoms with Crippen LogP contribution in [0.15, 0.2) is 78.9 Å². The Morgan fingerprint density at radius 1 is 0.919 bits per heavy atom. The topological polar surface area (TPSA) is 88.2 Å². The molecule has 5 rings (SSSR count). The zero-order chi connectivity index (χ0) is 25.8. The second-order valence-electron chi connectivity index (χ2n) is 9.55. The summed E-state index contributed by atoms with van der Waals surface area (Å²) in [5, 5.41) is 2.79. The first kappa shape index (κ1) is 24.4. The molecule has 1 fully saturated rings. The summed E-state index contributed by atoms with van der Waals surface area (Å²) in [5.74, 6) is 0.554. The van der Waals surface area contributed by atoms with Crippen LogP contribution in [0.1, 0.15) is 23.6 Å². The van der Waals surface area contributed by atoms with E-state index in [0.717, 1.165) is 21.6 Å². The summed E-state index contributed by atoms with van der Waals surface area (Å²) in [4.78, 5) is 42.4. The summed E-state index contributed by atoms with van der Waals surface area (Å²) >= 11 is 0. The van der Waals surface area contributed by atoms with Crippen molar-refractivity contribution in [3.63, 3.8) is 0 Å². The van der Waals surface area contributed by atoms with Gasteiger partial charge in [-0.15, -0.1) is 0 Å². The lowest BCUT2D eigenvalue weighted by molar-refractivity contribution is -0.139. The summed E-state index contributed by atoms with van der Waals surface area (Å²) in [6.45, 7) is 2.38. The minimum Gasteiger partial charge on any atom is -0.454 e. The van der Waals surface area contributed by atoms with Crippen molar-refractivity contribution in [1.82, 2.24) is 15.1 Å². The molecule has 1 atom stereocenters. The van der Waals surface area contributed by atoms with Gasteiger partial charge >= 0.3 is 6.03 Å². The van der Waals surface area contributed by atoms with Crippen molar-refractivity contribution in [2.24, 2.45) is 0 Å². The molecule has 1 unspecified atom stereocenters. The summed E-state index contributed by atoms with van der Waals surface area (Å²) in [5.41, 5.74) is 1.75. The van der Waals surface area contributed by atoms with Crippen molar-refractivity contribution < 1.29 is 23.9 Å². The van der Waals surface area contributed by atoms with E-state index in [0.29, 0.717) is 31.0 Å². The maximum absolute atomic E-state index is 13.4. The molecule has 0 bridgehead atoms. The number of hydrogen-bond acceptors (Lipinski definition) is 5. The number of urea groups is 1. The molecule has 0 radical (unpaired) electrons. The minimum atomic E-state index is -1.17. The predicted octanol–water partition coefficient (Wildman–Crippen LogP) is 3.54. The number of hydrogen-bond donors (Lipinski definition) is 1. The molecule has 37 heavy (non-hydrogen) atoms. The molecule has 190 valence electrons. The number of amides is 4. The highest BCUT2D eigenvalue weighted by molar-refractivity contribution is 6.09. The zero-order valence-corrected chi connectivity index (χ0v) is 20.7. The highest BCUT2D eigenvalue weighted by Gasteiger charge is 2.48. The number of carbonyl (C=O) groups excluding carboxylic acids is 3. The van der Waals surface area contributed by atoms with Gasteiger partial charge in [0.2, 0.25) is 12.7 Å². The summed E-state index contributed by atoms with van der Waals surface area (Å²) in [7, 11) is 0. The van der Waals surface area contributed by atoms with Crippen molar-refractivity contribution in [2.45, 2.75) is 31.8 Å².